The van der Waals surface area contributed by atoms with Gasteiger partial charge in [-0.05, 0) is 67.8 Å². The van der Waals surface area contributed by atoms with E-state index < -0.39 is 0 Å². The van der Waals surface area contributed by atoms with E-state index in [2.05, 4.69) is 57.1 Å². The maximum Gasteiger partial charge on any atom is 0.251 e. The molecule has 1 amide bonds. The van der Waals surface area contributed by atoms with Gasteiger partial charge in [-0.15, -0.1) is 10.2 Å². The molecule has 2 aromatic carbocycles. The molecule has 168 valence electrons. The van der Waals surface area contributed by atoms with Gasteiger partial charge in [0.2, 0.25) is 0 Å². The molecule has 6 nitrogen and oxygen atoms in total. The summed E-state index contributed by atoms with van der Waals surface area (Å²) in [5, 5.41) is 12.8. The van der Waals surface area contributed by atoms with E-state index in [0.29, 0.717) is 11.3 Å². The zero-order valence-corrected chi connectivity index (χ0v) is 19.8. The van der Waals surface area contributed by atoms with E-state index in [0.717, 1.165) is 34.2 Å². The monoisotopic (exact) mass is 457 g/mol. The largest absolute Gasteiger partial charge is 0.350 e. The molecule has 1 unspecified atom stereocenters. The van der Waals surface area contributed by atoms with Gasteiger partial charge in [0.15, 0.2) is 11.0 Å². The van der Waals surface area contributed by atoms with Crippen LogP contribution in [0.25, 0.3) is 17.1 Å². The van der Waals surface area contributed by atoms with Crippen LogP contribution in [0, 0.1) is 6.92 Å². The summed E-state index contributed by atoms with van der Waals surface area (Å²) in [6, 6.07) is 20.1. The van der Waals surface area contributed by atoms with E-state index in [4.69, 9.17) is 0 Å². The average molecular weight is 458 g/mol. The standard InChI is InChI=1S/C26H27N5OS/c1-4-19(3)28-25(32)22-10-8-20(9-11-22)17-33-26-30-29-24(21-12-14-27-15-13-21)31(26)23-7-5-6-18(2)16-23/h5-16,19H,4,17H2,1-3H3,(H,28,32). The lowest BCUT2D eigenvalue weighted by molar-refractivity contribution is 0.0939. The van der Waals surface area contributed by atoms with Gasteiger partial charge in [0, 0.05) is 41.0 Å². The van der Waals surface area contributed by atoms with Crippen LogP contribution in [0.3, 0.4) is 0 Å². The minimum atomic E-state index is -0.0373. The normalized spacial score (nSPS) is 11.8. The Hall–Kier alpha value is -3.45. The van der Waals surface area contributed by atoms with Crippen molar-refractivity contribution in [1.29, 1.82) is 0 Å². The lowest BCUT2D eigenvalue weighted by Crippen LogP contribution is -2.31. The molecule has 0 bridgehead atoms. The highest BCUT2D eigenvalue weighted by Crippen LogP contribution is 2.30. The third-order valence-electron chi connectivity index (χ3n) is 5.41. The molecule has 33 heavy (non-hydrogen) atoms. The van der Waals surface area contributed by atoms with E-state index in [1.165, 1.54) is 5.56 Å². The Bertz CT molecular complexity index is 1220. The Balaban J connectivity index is 1.56. The molecule has 4 rings (SSSR count). The topological polar surface area (TPSA) is 72.7 Å². The second-order valence-corrected chi connectivity index (χ2v) is 8.93. The molecular formula is C26H27N5OS. The fourth-order valence-corrected chi connectivity index (χ4v) is 4.27. The number of nitrogens with one attached hydrogen (secondary N) is 1. The van der Waals surface area contributed by atoms with Gasteiger partial charge in [0.1, 0.15) is 0 Å². The van der Waals surface area contributed by atoms with E-state index in [1.54, 1.807) is 24.2 Å². The van der Waals surface area contributed by atoms with Crippen molar-refractivity contribution in [1.82, 2.24) is 25.1 Å². The summed E-state index contributed by atoms with van der Waals surface area (Å²) >= 11 is 1.62. The highest BCUT2D eigenvalue weighted by atomic mass is 32.2. The van der Waals surface area contributed by atoms with Gasteiger partial charge in [-0.25, -0.2) is 0 Å². The summed E-state index contributed by atoms with van der Waals surface area (Å²) in [6.07, 6.45) is 4.43. The van der Waals surface area contributed by atoms with Crippen LogP contribution in [0.5, 0.6) is 0 Å². The van der Waals surface area contributed by atoms with E-state index in [9.17, 15) is 4.79 Å². The molecule has 0 aliphatic heterocycles. The molecule has 2 heterocycles. The lowest BCUT2D eigenvalue weighted by atomic mass is 10.1. The van der Waals surface area contributed by atoms with Gasteiger partial charge in [0.05, 0.1) is 0 Å². The summed E-state index contributed by atoms with van der Waals surface area (Å²) in [5.74, 6) is 1.46. The van der Waals surface area contributed by atoms with Gasteiger partial charge >= 0.3 is 0 Å². The number of benzene rings is 2. The maximum absolute atomic E-state index is 12.3. The lowest BCUT2D eigenvalue weighted by Gasteiger charge is -2.12. The van der Waals surface area contributed by atoms with Crippen LogP contribution < -0.4 is 5.32 Å². The Morgan fingerprint density at radius 2 is 1.82 bits per heavy atom. The molecule has 1 N–H and O–H groups in total. The minimum Gasteiger partial charge on any atom is -0.350 e. The van der Waals surface area contributed by atoms with Crippen molar-refractivity contribution in [2.75, 3.05) is 0 Å². The van der Waals surface area contributed by atoms with Crippen molar-refractivity contribution in [3.8, 4) is 17.1 Å². The molecule has 0 fully saturated rings. The maximum atomic E-state index is 12.3. The average Bonchev–Trinajstić information content (AvgIpc) is 3.27. The van der Waals surface area contributed by atoms with Crippen molar-refractivity contribution in [3.63, 3.8) is 0 Å². The zero-order valence-electron chi connectivity index (χ0n) is 19.0. The molecule has 4 aromatic rings. The van der Waals surface area contributed by atoms with Crippen LogP contribution in [-0.4, -0.2) is 31.7 Å². The van der Waals surface area contributed by atoms with Gasteiger partial charge in [-0.3, -0.25) is 14.3 Å². The number of nitrogens with zero attached hydrogens (tertiary/aromatic N) is 4. The second-order valence-electron chi connectivity index (χ2n) is 7.98. The first-order valence-corrected chi connectivity index (χ1v) is 12.0. The number of hydrogen-bond acceptors (Lipinski definition) is 5. The predicted molar refractivity (Wildman–Crippen MR) is 133 cm³/mol. The predicted octanol–water partition coefficient (Wildman–Crippen LogP) is 5.46. The van der Waals surface area contributed by atoms with Crippen LogP contribution >= 0.6 is 11.8 Å². The zero-order chi connectivity index (χ0) is 23.2. The fourth-order valence-electron chi connectivity index (χ4n) is 3.36. The number of aryl methyl sites for hydroxylation is 1. The second kappa shape index (κ2) is 10.4. The number of carbonyl (C=O) groups excluding carboxylic acids is 1. The SMILES string of the molecule is CCC(C)NC(=O)c1ccc(CSc2nnc(-c3ccncc3)n2-c2cccc(C)c2)cc1. The first-order chi connectivity index (χ1) is 16.0. The molecule has 0 saturated carbocycles. The number of amides is 1. The molecule has 1 atom stereocenters. The Morgan fingerprint density at radius 3 is 2.52 bits per heavy atom. The first kappa shape index (κ1) is 22.7. The summed E-state index contributed by atoms with van der Waals surface area (Å²) in [6.45, 7) is 6.14. The van der Waals surface area contributed by atoms with Gasteiger partial charge in [-0.2, -0.15) is 0 Å². The molecule has 0 radical (unpaired) electrons. The quantitative estimate of drug-likeness (QED) is 0.356. The Morgan fingerprint density at radius 1 is 1.06 bits per heavy atom. The Kier molecular flexibility index (Phi) is 7.19. The highest BCUT2D eigenvalue weighted by Gasteiger charge is 2.16. The first-order valence-electron chi connectivity index (χ1n) is 11.0. The summed E-state index contributed by atoms with van der Waals surface area (Å²) in [5.41, 5.74) is 4.94. The van der Waals surface area contributed by atoms with Crippen LogP contribution in [0.15, 0.2) is 78.2 Å². The summed E-state index contributed by atoms with van der Waals surface area (Å²) in [7, 11) is 0. The van der Waals surface area contributed by atoms with Crippen molar-refractivity contribution in [2.45, 2.75) is 44.1 Å². The highest BCUT2D eigenvalue weighted by molar-refractivity contribution is 7.98. The van der Waals surface area contributed by atoms with Crippen LogP contribution in [0.2, 0.25) is 0 Å². The van der Waals surface area contributed by atoms with Crippen LogP contribution in [0.4, 0.5) is 0 Å². The third-order valence-corrected chi connectivity index (χ3v) is 6.41. The van der Waals surface area contributed by atoms with Gasteiger partial charge < -0.3 is 5.32 Å². The number of hydrogen-bond donors (Lipinski definition) is 1. The fraction of sp³-hybridized carbons (Fsp3) is 0.231. The smallest absolute Gasteiger partial charge is 0.251 e. The van der Waals surface area contributed by atoms with Crippen molar-refractivity contribution in [3.05, 3.63) is 89.7 Å². The molecule has 0 aliphatic carbocycles. The molecule has 7 heteroatoms. The number of aromatic nitrogens is 4. The van der Waals surface area contributed by atoms with Crippen molar-refractivity contribution in [2.24, 2.45) is 0 Å². The van der Waals surface area contributed by atoms with E-state index in [-0.39, 0.29) is 11.9 Å². The van der Waals surface area contributed by atoms with E-state index in [1.807, 2.05) is 49.4 Å². The molecule has 0 saturated heterocycles. The van der Waals surface area contributed by atoms with Gasteiger partial charge in [-0.1, -0.05) is 43.0 Å². The van der Waals surface area contributed by atoms with Crippen molar-refractivity contribution >= 4 is 17.7 Å². The molecule has 2 aromatic heterocycles. The summed E-state index contributed by atoms with van der Waals surface area (Å²) < 4.78 is 2.08. The molecular weight excluding hydrogens is 430 g/mol. The number of rotatable bonds is 8. The molecule has 0 aliphatic rings. The summed E-state index contributed by atoms with van der Waals surface area (Å²) in [4.78, 5) is 16.4. The Labute approximate surface area is 198 Å². The number of thioether (sulfide) groups is 1. The van der Waals surface area contributed by atoms with Crippen LogP contribution in [-0.2, 0) is 5.75 Å². The van der Waals surface area contributed by atoms with Crippen molar-refractivity contribution < 1.29 is 4.79 Å². The molecule has 0 spiro atoms. The van der Waals surface area contributed by atoms with Crippen LogP contribution in [0.1, 0.15) is 41.8 Å². The van der Waals surface area contributed by atoms with Gasteiger partial charge in [0.25, 0.3) is 5.91 Å². The number of carbonyl (C=O) groups is 1. The minimum absolute atomic E-state index is 0.0373. The number of pyridine rings is 1. The van der Waals surface area contributed by atoms with E-state index >= 15 is 0 Å². The third kappa shape index (κ3) is 5.49.